The fourth-order valence-corrected chi connectivity index (χ4v) is 3.09. The van der Waals surface area contributed by atoms with Gasteiger partial charge in [-0.3, -0.25) is 4.79 Å². The van der Waals surface area contributed by atoms with Crippen molar-refractivity contribution < 1.29 is 4.79 Å². The molecular weight excluding hydrogens is 156 g/mol. The summed E-state index contributed by atoms with van der Waals surface area (Å²) in [5.74, 6) is 0.201. The molecule has 0 bridgehead atoms. The molecule has 0 spiro atoms. The van der Waals surface area contributed by atoms with Gasteiger partial charge < -0.3 is 0 Å². The number of hydrogen-bond acceptors (Lipinski definition) is 2. The molecule has 0 saturated carbocycles. The molecule has 1 fully saturated rings. The summed E-state index contributed by atoms with van der Waals surface area (Å²) in [6, 6.07) is 0. The van der Waals surface area contributed by atoms with Gasteiger partial charge in [-0.05, 0) is 27.7 Å². The van der Waals surface area contributed by atoms with Gasteiger partial charge in [0.15, 0.2) is 5.78 Å². The van der Waals surface area contributed by atoms with E-state index in [1.807, 2.05) is 27.7 Å². The van der Waals surface area contributed by atoms with Crippen molar-refractivity contribution in [1.82, 2.24) is 0 Å². The van der Waals surface area contributed by atoms with Crippen LogP contribution >= 0.6 is 11.8 Å². The van der Waals surface area contributed by atoms with Gasteiger partial charge in [-0.15, -0.1) is 11.8 Å². The van der Waals surface area contributed by atoms with Crippen molar-refractivity contribution in [3.05, 3.63) is 12.2 Å². The molecule has 62 valence electrons. The van der Waals surface area contributed by atoms with Gasteiger partial charge in [0, 0.05) is 10.3 Å². The van der Waals surface area contributed by atoms with Gasteiger partial charge in [0.25, 0.3) is 0 Å². The van der Waals surface area contributed by atoms with Crippen molar-refractivity contribution in [3.63, 3.8) is 0 Å². The van der Waals surface area contributed by atoms with E-state index in [2.05, 4.69) is 6.58 Å². The molecule has 1 heterocycles. The molecule has 0 N–H and O–H groups in total. The van der Waals surface area contributed by atoms with Crippen LogP contribution in [0.15, 0.2) is 12.2 Å². The van der Waals surface area contributed by atoms with Gasteiger partial charge in [0.2, 0.25) is 0 Å². The predicted molar refractivity (Wildman–Crippen MR) is 49.9 cm³/mol. The normalized spacial score (nSPS) is 27.6. The Kier molecular flexibility index (Phi) is 1.71. The molecule has 0 aromatic carbocycles. The van der Waals surface area contributed by atoms with Crippen molar-refractivity contribution >= 4 is 17.5 Å². The highest BCUT2D eigenvalue weighted by atomic mass is 32.2. The number of carbonyl (C=O) groups excluding carboxylic acids is 1. The number of Topliss-reactive ketones (excluding diaryl/α,β-unsaturated/α-hetero) is 1. The monoisotopic (exact) mass is 170 g/mol. The van der Waals surface area contributed by atoms with Crippen molar-refractivity contribution in [1.29, 1.82) is 0 Å². The van der Waals surface area contributed by atoms with Crippen molar-refractivity contribution in [2.75, 3.05) is 0 Å². The molecule has 0 aromatic rings. The molecule has 0 atom stereocenters. The Morgan fingerprint density at radius 2 is 1.64 bits per heavy atom. The minimum atomic E-state index is -0.263. The molecule has 1 rings (SSSR count). The second kappa shape index (κ2) is 2.13. The molecule has 1 nitrogen and oxygen atoms in total. The largest absolute Gasteiger partial charge is 0.293 e. The van der Waals surface area contributed by atoms with Gasteiger partial charge in [-0.2, -0.15) is 0 Å². The Labute approximate surface area is 72.2 Å². The van der Waals surface area contributed by atoms with E-state index in [-0.39, 0.29) is 15.3 Å². The van der Waals surface area contributed by atoms with E-state index < -0.39 is 0 Å². The number of rotatable bonds is 0. The first-order valence-electron chi connectivity index (χ1n) is 3.72. The van der Waals surface area contributed by atoms with E-state index in [0.717, 1.165) is 5.57 Å². The first-order chi connectivity index (χ1) is 4.77. The third kappa shape index (κ3) is 1.24. The molecule has 0 amide bonds. The van der Waals surface area contributed by atoms with Crippen LogP contribution in [0.2, 0.25) is 0 Å². The van der Waals surface area contributed by atoms with Gasteiger partial charge in [0.1, 0.15) is 0 Å². The molecule has 1 aliphatic rings. The number of hydrogen-bond donors (Lipinski definition) is 0. The molecule has 1 aliphatic heterocycles. The average Bonchev–Trinajstić information content (AvgIpc) is 1.91. The molecule has 0 radical (unpaired) electrons. The molecule has 0 aliphatic carbocycles. The lowest BCUT2D eigenvalue weighted by Gasteiger charge is -2.19. The van der Waals surface area contributed by atoms with E-state index in [0.29, 0.717) is 0 Å². The van der Waals surface area contributed by atoms with Gasteiger partial charge in [-0.1, -0.05) is 6.58 Å². The van der Waals surface area contributed by atoms with Crippen molar-refractivity contribution in [2.24, 2.45) is 0 Å². The van der Waals surface area contributed by atoms with Crippen LogP contribution in [-0.2, 0) is 4.79 Å². The SMILES string of the molecule is C=C1C(=O)C(C)(C)SC1(C)C. The maximum atomic E-state index is 11.5. The van der Waals surface area contributed by atoms with Crippen molar-refractivity contribution in [3.8, 4) is 0 Å². The van der Waals surface area contributed by atoms with Gasteiger partial charge in [-0.25, -0.2) is 0 Å². The van der Waals surface area contributed by atoms with Crippen LogP contribution in [0.5, 0.6) is 0 Å². The Balaban J connectivity index is 3.06. The van der Waals surface area contributed by atoms with E-state index in [4.69, 9.17) is 0 Å². The topological polar surface area (TPSA) is 17.1 Å². The number of ketones is 1. The standard InChI is InChI=1S/C9H14OS/c1-6-7(10)9(4,5)11-8(6,2)3/h1H2,2-5H3. The van der Waals surface area contributed by atoms with E-state index in [1.165, 1.54) is 0 Å². The molecule has 11 heavy (non-hydrogen) atoms. The zero-order valence-electron chi connectivity index (χ0n) is 7.52. The maximum absolute atomic E-state index is 11.5. The molecule has 2 heteroatoms. The van der Waals surface area contributed by atoms with E-state index in [9.17, 15) is 4.79 Å². The first-order valence-corrected chi connectivity index (χ1v) is 4.53. The van der Waals surface area contributed by atoms with Crippen LogP contribution in [-0.4, -0.2) is 15.3 Å². The fourth-order valence-electron chi connectivity index (χ4n) is 1.38. The second-order valence-corrected chi connectivity index (χ2v) is 6.18. The Morgan fingerprint density at radius 3 is 1.73 bits per heavy atom. The highest BCUT2D eigenvalue weighted by molar-refractivity contribution is 8.03. The summed E-state index contributed by atoms with van der Waals surface area (Å²) in [4.78, 5) is 11.5. The quantitative estimate of drug-likeness (QED) is 0.519. The third-order valence-electron chi connectivity index (χ3n) is 2.06. The van der Waals surface area contributed by atoms with Crippen LogP contribution in [0, 0.1) is 0 Å². The summed E-state index contributed by atoms with van der Waals surface area (Å²) in [5, 5.41) is 0. The smallest absolute Gasteiger partial charge is 0.175 e. The lowest BCUT2D eigenvalue weighted by atomic mass is 9.94. The lowest BCUT2D eigenvalue weighted by Crippen LogP contribution is -2.22. The third-order valence-corrected chi connectivity index (χ3v) is 3.51. The highest BCUT2D eigenvalue weighted by Crippen LogP contribution is 2.49. The fraction of sp³-hybridized carbons (Fsp3) is 0.667. The summed E-state index contributed by atoms with van der Waals surface area (Å²) < 4.78 is -0.332. The summed E-state index contributed by atoms with van der Waals surface area (Å²) in [7, 11) is 0. The minimum absolute atomic E-state index is 0.0689. The zero-order valence-corrected chi connectivity index (χ0v) is 8.34. The Hall–Kier alpha value is -0.240. The van der Waals surface area contributed by atoms with E-state index in [1.54, 1.807) is 11.8 Å². The first kappa shape index (κ1) is 8.85. The summed E-state index contributed by atoms with van der Waals surface area (Å²) in [6.45, 7) is 11.8. The molecule has 0 unspecified atom stereocenters. The van der Waals surface area contributed by atoms with Crippen LogP contribution in [0.1, 0.15) is 27.7 Å². The van der Waals surface area contributed by atoms with Crippen LogP contribution in [0.4, 0.5) is 0 Å². The number of carbonyl (C=O) groups is 1. The van der Waals surface area contributed by atoms with Gasteiger partial charge >= 0.3 is 0 Å². The molecular formula is C9H14OS. The molecule has 1 saturated heterocycles. The Morgan fingerprint density at radius 1 is 1.18 bits per heavy atom. The van der Waals surface area contributed by atoms with Crippen molar-refractivity contribution in [2.45, 2.75) is 37.2 Å². The van der Waals surface area contributed by atoms with Crippen LogP contribution in [0.25, 0.3) is 0 Å². The van der Waals surface area contributed by atoms with Crippen LogP contribution < -0.4 is 0 Å². The lowest BCUT2D eigenvalue weighted by molar-refractivity contribution is -0.116. The number of thioether (sulfide) groups is 1. The average molecular weight is 170 g/mol. The maximum Gasteiger partial charge on any atom is 0.175 e. The van der Waals surface area contributed by atoms with Gasteiger partial charge in [0.05, 0.1) is 4.75 Å². The Bertz CT molecular complexity index is 202. The highest BCUT2D eigenvalue weighted by Gasteiger charge is 2.47. The minimum Gasteiger partial charge on any atom is -0.293 e. The summed E-state index contributed by atoms with van der Waals surface area (Å²) in [6.07, 6.45) is 0. The summed E-state index contributed by atoms with van der Waals surface area (Å²) in [5.41, 5.74) is 0.757. The predicted octanol–water partition coefficient (Wildman–Crippen LogP) is 2.42. The summed E-state index contributed by atoms with van der Waals surface area (Å²) >= 11 is 1.69. The van der Waals surface area contributed by atoms with E-state index >= 15 is 0 Å². The molecule has 0 aromatic heterocycles. The zero-order chi connectivity index (χ0) is 8.86. The second-order valence-electron chi connectivity index (χ2n) is 3.93. The van der Waals surface area contributed by atoms with Crippen LogP contribution in [0.3, 0.4) is 0 Å².